The zero-order valence-electron chi connectivity index (χ0n) is 6.92. The van der Waals surface area contributed by atoms with Crippen LogP contribution in [-0.4, -0.2) is 19.2 Å². The Bertz CT molecular complexity index is 229. The van der Waals surface area contributed by atoms with E-state index in [4.69, 9.17) is 4.74 Å². The average Bonchev–Trinajstić information content (AvgIpc) is 2.59. The van der Waals surface area contributed by atoms with Gasteiger partial charge in [0.2, 0.25) is 0 Å². The number of hydrogen-bond donors (Lipinski definition) is 1. The van der Waals surface area contributed by atoms with Crippen molar-refractivity contribution in [3.8, 4) is 5.75 Å². The maximum absolute atomic E-state index is 5.69. The molecular formula is C10H12NO. The molecule has 0 spiro atoms. The van der Waals surface area contributed by atoms with Crippen LogP contribution in [-0.2, 0) is 0 Å². The molecule has 1 heterocycles. The molecule has 0 aromatic heterocycles. The maximum Gasteiger partial charge on any atom is 0.119 e. The summed E-state index contributed by atoms with van der Waals surface area (Å²) in [5, 5.41) is 3.26. The van der Waals surface area contributed by atoms with Crippen molar-refractivity contribution in [2.24, 2.45) is 0 Å². The summed E-state index contributed by atoms with van der Waals surface area (Å²) in [6.45, 7) is 2.04. The highest BCUT2D eigenvalue weighted by molar-refractivity contribution is 5.20. The van der Waals surface area contributed by atoms with Crippen LogP contribution in [0.3, 0.4) is 0 Å². The van der Waals surface area contributed by atoms with E-state index in [-0.39, 0.29) is 0 Å². The van der Waals surface area contributed by atoms with E-state index in [1.54, 1.807) is 0 Å². The Hall–Kier alpha value is -1.02. The lowest BCUT2D eigenvalue weighted by Crippen LogP contribution is -2.19. The minimum Gasteiger partial charge on any atom is -0.489 e. The van der Waals surface area contributed by atoms with Crippen LogP contribution < -0.4 is 10.1 Å². The Morgan fingerprint density at radius 1 is 1.42 bits per heavy atom. The van der Waals surface area contributed by atoms with Crippen LogP contribution in [0.25, 0.3) is 0 Å². The van der Waals surface area contributed by atoms with Crippen LogP contribution in [0.1, 0.15) is 6.42 Å². The quantitative estimate of drug-likeness (QED) is 0.706. The van der Waals surface area contributed by atoms with Gasteiger partial charge in [0.1, 0.15) is 11.9 Å². The van der Waals surface area contributed by atoms with Gasteiger partial charge < -0.3 is 10.1 Å². The van der Waals surface area contributed by atoms with Crippen LogP contribution in [0.2, 0.25) is 0 Å². The number of rotatable bonds is 2. The predicted octanol–water partition coefficient (Wildman–Crippen LogP) is 1.23. The van der Waals surface area contributed by atoms with Crippen molar-refractivity contribution in [3.05, 3.63) is 30.3 Å². The molecule has 1 saturated heterocycles. The number of benzene rings is 1. The Morgan fingerprint density at radius 3 is 2.92 bits per heavy atom. The van der Waals surface area contributed by atoms with Crippen LogP contribution in [0.4, 0.5) is 0 Å². The second-order valence-corrected chi connectivity index (χ2v) is 2.97. The molecule has 1 aromatic carbocycles. The first-order valence-electron chi connectivity index (χ1n) is 4.28. The molecule has 0 bridgehead atoms. The first-order valence-corrected chi connectivity index (χ1v) is 4.28. The molecule has 1 aliphatic rings. The molecule has 1 aliphatic heterocycles. The fraction of sp³-hybridized carbons (Fsp3) is 0.400. The third-order valence-corrected chi connectivity index (χ3v) is 2.01. The van der Waals surface area contributed by atoms with Gasteiger partial charge in [-0.2, -0.15) is 0 Å². The molecule has 2 nitrogen and oxygen atoms in total. The van der Waals surface area contributed by atoms with Gasteiger partial charge in [0, 0.05) is 6.54 Å². The summed E-state index contributed by atoms with van der Waals surface area (Å²) in [6, 6.07) is 10.6. The predicted molar refractivity (Wildman–Crippen MR) is 47.2 cm³/mol. The lowest BCUT2D eigenvalue weighted by molar-refractivity contribution is 0.223. The van der Waals surface area contributed by atoms with Gasteiger partial charge in [0.05, 0.1) is 0 Å². The van der Waals surface area contributed by atoms with Gasteiger partial charge >= 0.3 is 0 Å². The van der Waals surface area contributed by atoms with E-state index in [1.165, 1.54) is 0 Å². The van der Waals surface area contributed by atoms with Crippen LogP contribution in [0, 0.1) is 6.07 Å². The van der Waals surface area contributed by atoms with E-state index >= 15 is 0 Å². The monoisotopic (exact) mass is 162 g/mol. The normalized spacial score (nSPS) is 22.5. The molecule has 1 unspecified atom stereocenters. The lowest BCUT2D eigenvalue weighted by Gasteiger charge is -2.11. The summed E-state index contributed by atoms with van der Waals surface area (Å²) in [5.41, 5.74) is 0. The summed E-state index contributed by atoms with van der Waals surface area (Å²) in [5.74, 6) is 0.947. The van der Waals surface area contributed by atoms with E-state index < -0.39 is 0 Å². The Morgan fingerprint density at radius 2 is 2.25 bits per heavy atom. The van der Waals surface area contributed by atoms with Crippen molar-refractivity contribution < 1.29 is 4.74 Å². The summed E-state index contributed by atoms with van der Waals surface area (Å²) in [4.78, 5) is 0. The lowest BCUT2D eigenvalue weighted by atomic mass is 10.3. The first kappa shape index (κ1) is 7.62. The van der Waals surface area contributed by atoms with E-state index in [0.29, 0.717) is 6.10 Å². The summed E-state index contributed by atoms with van der Waals surface area (Å²) >= 11 is 0. The van der Waals surface area contributed by atoms with Gasteiger partial charge in [-0.25, -0.2) is 0 Å². The Kier molecular flexibility index (Phi) is 2.28. The maximum atomic E-state index is 5.69. The zero-order valence-corrected chi connectivity index (χ0v) is 6.92. The SMILES string of the molecule is [c]1ccc(OC2CCNC2)cc1. The molecule has 1 aromatic rings. The van der Waals surface area contributed by atoms with Gasteiger partial charge in [-0.1, -0.05) is 12.1 Å². The molecule has 1 N–H and O–H groups in total. The zero-order chi connectivity index (χ0) is 8.23. The van der Waals surface area contributed by atoms with Gasteiger partial charge in [-0.15, -0.1) is 0 Å². The van der Waals surface area contributed by atoms with Crippen molar-refractivity contribution in [1.29, 1.82) is 0 Å². The second-order valence-electron chi connectivity index (χ2n) is 2.97. The Labute approximate surface area is 72.5 Å². The standard InChI is InChI=1S/C10H12NO/c1-2-4-9(5-3-1)12-10-6-7-11-8-10/h2-5,10-11H,6-8H2. The van der Waals surface area contributed by atoms with E-state index in [1.807, 2.05) is 24.3 Å². The molecule has 1 atom stereocenters. The number of ether oxygens (including phenoxy) is 1. The Balaban J connectivity index is 1.94. The molecule has 2 rings (SSSR count). The smallest absolute Gasteiger partial charge is 0.119 e. The molecule has 1 fully saturated rings. The molecule has 12 heavy (non-hydrogen) atoms. The topological polar surface area (TPSA) is 21.3 Å². The number of nitrogens with one attached hydrogen (secondary N) is 1. The highest BCUT2D eigenvalue weighted by Crippen LogP contribution is 2.13. The van der Waals surface area contributed by atoms with Crippen LogP contribution in [0.15, 0.2) is 24.3 Å². The van der Waals surface area contributed by atoms with Crippen molar-refractivity contribution in [3.63, 3.8) is 0 Å². The van der Waals surface area contributed by atoms with Gasteiger partial charge in [-0.05, 0) is 31.2 Å². The fourth-order valence-electron chi connectivity index (χ4n) is 1.37. The van der Waals surface area contributed by atoms with Crippen molar-refractivity contribution in [1.82, 2.24) is 5.32 Å². The first-order chi connectivity index (χ1) is 5.95. The summed E-state index contributed by atoms with van der Waals surface area (Å²) in [7, 11) is 0. The summed E-state index contributed by atoms with van der Waals surface area (Å²) in [6.07, 6.45) is 1.46. The van der Waals surface area contributed by atoms with E-state index in [2.05, 4.69) is 11.4 Å². The van der Waals surface area contributed by atoms with Gasteiger partial charge in [-0.3, -0.25) is 0 Å². The largest absolute Gasteiger partial charge is 0.489 e. The molecule has 0 saturated carbocycles. The van der Waals surface area contributed by atoms with Crippen LogP contribution in [0.5, 0.6) is 5.75 Å². The molecule has 63 valence electrons. The van der Waals surface area contributed by atoms with E-state index in [0.717, 1.165) is 25.3 Å². The number of hydrogen-bond acceptors (Lipinski definition) is 2. The minimum absolute atomic E-state index is 0.354. The molecule has 0 amide bonds. The summed E-state index contributed by atoms with van der Waals surface area (Å²) < 4.78 is 5.69. The second kappa shape index (κ2) is 3.59. The third kappa shape index (κ3) is 1.77. The van der Waals surface area contributed by atoms with Gasteiger partial charge in [0.15, 0.2) is 0 Å². The van der Waals surface area contributed by atoms with Crippen molar-refractivity contribution in [2.45, 2.75) is 12.5 Å². The molecular weight excluding hydrogens is 150 g/mol. The fourth-order valence-corrected chi connectivity index (χ4v) is 1.37. The third-order valence-electron chi connectivity index (χ3n) is 2.01. The average molecular weight is 162 g/mol. The van der Waals surface area contributed by atoms with Crippen molar-refractivity contribution in [2.75, 3.05) is 13.1 Å². The highest BCUT2D eigenvalue weighted by Gasteiger charge is 2.15. The van der Waals surface area contributed by atoms with E-state index in [9.17, 15) is 0 Å². The molecule has 2 heteroatoms. The highest BCUT2D eigenvalue weighted by atomic mass is 16.5. The minimum atomic E-state index is 0.354. The molecule has 1 radical (unpaired) electrons. The van der Waals surface area contributed by atoms with Crippen molar-refractivity contribution >= 4 is 0 Å². The van der Waals surface area contributed by atoms with Gasteiger partial charge in [0.25, 0.3) is 0 Å². The molecule has 0 aliphatic carbocycles. The van der Waals surface area contributed by atoms with Crippen LogP contribution >= 0.6 is 0 Å².